The van der Waals surface area contributed by atoms with E-state index < -0.39 is 0 Å². The topological polar surface area (TPSA) is 59.8 Å². The molecule has 4 rings (SSSR count). The van der Waals surface area contributed by atoms with Crippen molar-refractivity contribution in [3.63, 3.8) is 0 Å². The lowest BCUT2D eigenvalue weighted by Crippen LogP contribution is -2.40. The van der Waals surface area contributed by atoms with E-state index in [2.05, 4.69) is 23.8 Å². The highest BCUT2D eigenvalue weighted by molar-refractivity contribution is 5.93. The highest BCUT2D eigenvalue weighted by Gasteiger charge is 2.30. The second-order valence-electron chi connectivity index (χ2n) is 8.68. The van der Waals surface area contributed by atoms with Crippen LogP contribution < -0.4 is 4.74 Å². The average molecular weight is 413 g/mol. The molecule has 0 saturated carbocycles. The number of aromatic nitrogens is 2. The van der Waals surface area contributed by atoms with Gasteiger partial charge >= 0.3 is 0 Å². The molecule has 7 heteroatoms. The van der Waals surface area contributed by atoms with Crippen molar-refractivity contribution in [1.82, 2.24) is 19.6 Å². The standard InChI is InChI=1S/C23H32N4O3/c1-23(2)9-3-10-26(23)11-4-14-30-21-7-5-20(6-8-21)27-18-19(17-24-27)22(28)25-12-15-29-16-13-25/h5-8,17-18H,3-4,9-16H2,1-2H3. The van der Waals surface area contributed by atoms with E-state index in [-0.39, 0.29) is 5.91 Å². The van der Waals surface area contributed by atoms with Crippen LogP contribution in [0.1, 0.15) is 43.5 Å². The van der Waals surface area contributed by atoms with Crippen molar-refractivity contribution in [1.29, 1.82) is 0 Å². The van der Waals surface area contributed by atoms with Gasteiger partial charge in [0.05, 0.1) is 37.3 Å². The van der Waals surface area contributed by atoms with Gasteiger partial charge in [-0.15, -0.1) is 0 Å². The van der Waals surface area contributed by atoms with Gasteiger partial charge in [-0.05, 0) is 63.9 Å². The first kappa shape index (κ1) is 20.9. The maximum absolute atomic E-state index is 12.6. The molecule has 2 fully saturated rings. The van der Waals surface area contributed by atoms with Crippen molar-refractivity contribution >= 4 is 5.91 Å². The van der Waals surface area contributed by atoms with Crippen LogP contribution in [0, 0.1) is 0 Å². The molecule has 2 aliphatic heterocycles. The predicted octanol–water partition coefficient (Wildman–Crippen LogP) is 2.99. The summed E-state index contributed by atoms with van der Waals surface area (Å²) in [6, 6.07) is 7.85. The fraction of sp³-hybridized carbons (Fsp3) is 0.565. The minimum absolute atomic E-state index is 0.00526. The molecule has 0 unspecified atom stereocenters. The Morgan fingerprint density at radius 1 is 1.17 bits per heavy atom. The summed E-state index contributed by atoms with van der Waals surface area (Å²) in [7, 11) is 0. The molecule has 30 heavy (non-hydrogen) atoms. The number of amides is 1. The fourth-order valence-corrected chi connectivity index (χ4v) is 4.24. The Morgan fingerprint density at radius 3 is 2.63 bits per heavy atom. The first-order chi connectivity index (χ1) is 14.5. The fourth-order valence-electron chi connectivity index (χ4n) is 4.24. The molecule has 162 valence electrons. The molecule has 0 spiro atoms. The van der Waals surface area contributed by atoms with Gasteiger partial charge in [0.1, 0.15) is 5.75 Å². The van der Waals surface area contributed by atoms with Gasteiger partial charge in [0.2, 0.25) is 0 Å². The molecule has 0 N–H and O–H groups in total. The zero-order valence-electron chi connectivity index (χ0n) is 18.0. The van der Waals surface area contributed by atoms with Crippen molar-refractivity contribution in [2.75, 3.05) is 46.0 Å². The molecule has 0 bridgehead atoms. The smallest absolute Gasteiger partial charge is 0.257 e. The van der Waals surface area contributed by atoms with Gasteiger partial charge in [-0.25, -0.2) is 4.68 Å². The van der Waals surface area contributed by atoms with Crippen LogP contribution in [0.2, 0.25) is 0 Å². The summed E-state index contributed by atoms with van der Waals surface area (Å²) >= 11 is 0. The van der Waals surface area contributed by atoms with Crippen molar-refractivity contribution < 1.29 is 14.3 Å². The van der Waals surface area contributed by atoms with Crippen LogP contribution in [-0.4, -0.2) is 77.0 Å². The van der Waals surface area contributed by atoms with E-state index in [0.717, 1.165) is 24.4 Å². The minimum Gasteiger partial charge on any atom is -0.494 e. The lowest BCUT2D eigenvalue weighted by Gasteiger charge is -2.31. The van der Waals surface area contributed by atoms with E-state index >= 15 is 0 Å². The monoisotopic (exact) mass is 412 g/mol. The summed E-state index contributed by atoms with van der Waals surface area (Å²) in [5.74, 6) is 0.863. The zero-order valence-corrected chi connectivity index (χ0v) is 18.0. The van der Waals surface area contributed by atoms with E-state index in [1.807, 2.05) is 29.2 Å². The molecule has 1 aromatic heterocycles. The van der Waals surface area contributed by atoms with Crippen molar-refractivity contribution in [3.05, 3.63) is 42.2 Å². The Balaban J connectivity index is 1.27. The second-order valence-corrected chi connectivity index (χ2v) is 8.68. The molecule has 0 radical (unpaired) electrons. The molecule has 1 amide bonds. The Morgan fingerprint density at radius 2 is 1.93 bits per heavy atom. The van der Waals surface area contributed by atoms with Crippen LogP contribution in [0.25, 0.3) is 5.69 Å². The van der Waals surface area contributed by atoms with E-state index in [4.69, 9.17) is 9.47 Å². The normalized spacial score (nSPS) is 19.2. The average Bonchev–Trinajstić information content (AvgIpc) is 3.38. The molecule has 2 aliphatic rings. The van der Waals surface area contributed by atoms with E-state index in [1.54, 1.807) is 17.1 Å². The van der Waals surface area contributed by atoms with Crippen molar-refractivity contribution in [2.45, 2.75) is 38.6 Å². The number of likely N-dealkylation sites (tertiary alicyclic amines) is 1. The summed E-state index contributed by atoms with van der Waals surface area (Å²) in [5, 5.41) is 4.36. The van der Waals surface area contributed by atoms with Crippen molar-refractivity contribution in [3.8, 4) is 11.4 Å². The molecule has 0 atom stereocenters. The van der Waals surface area contributed by atoms with E-state index in [1.165, 1.54) is 19.4 Å². The van der Waals surface area contributed by atoms with Crippen LogP contribution >= 0.6 is 0 Å². The van der Waals surface area contributed by atoms with Crippen LogP contribution in [-0.2, 0) is 4.74 Å². The predicted molar refractivity (Wildman–Crippen MR) is 115 cm³/mol. The number of hydrogen-bond donors (Lipinski definition) is 0. The highest BCUT2D eigenvalue weighted by Crippen LogP contribution is 2.28. The summed E-state index contributed by atoms with van der Waals surface area (Å²) in [6.45, 7) is 10.1. The van der Waals surface area contributed by atoms with Gasteiger partial charge in [-0.2, -0.15) is 5.10 Å². The molecule has 2 saturated heterocycles. The molecular formula is C23H32N4O3. The van der Waals surface area contributed by atoms with E-state index in [0.29, 0.717) is 44.0 Å². The van der Waals surface area contributed by atoms with Crippen LogP contribution in [0.4, 0.5) is 0 Å². The van der Waals surface area contributed by atoms with Crippen molar-refractivity contribution in [2.24, 2.45) is 0 Å². The lowest BCUT2D eigenvalue weighted by molar-refractivity contribution is 0.0303. The Bertz CT molecular complexity index is 840. The lowest BCUT2D eigenvalue weighted by atomic mass is 10.0. The number of rotatable bonds is 7. The van der Waals surface area contributed by atoms with E-state index in [9.17, 15) is 4.79 Å². The van der Waals surface area contributed by atoms with Crippen LogP contribution in [0.15, 0.2) is 36.7 Å². The number of ether oxygens (including phenoxy) is 2. The summed E-state index contributed by atoms with van der Waals surface area (Å²) in [6.07, 6.45) is 7.01. The molecule has 0 aliphatic carbocycles. The largest absolute Gasteiger partial charge is 0.494 e. The van der Waals surface area contributed by atoms with Gasteiger partial charge < -0.3 is 14.4 Å². The third kappa shape index (κ3) is 4.84. The van der Waals surface area contributed by atoms with Crippen LogP contribution in [0.3, 0.4) is 0 Å². The molecule has 3 heterocycles. The molecule has 2 aromatic rings. The third-order valence-corrected chi connectivity index (χ3v) is 6.14. The Labute approximate surface area is 178 Å². The maximum Gasteiger partial charge on any atom is 0.257 e. The first-order valence-corrected chi connectivity index (χ1v) is 10.9. The number of carbonyl (C=O) groups excluding carboxylic acids is 1. The van der Waals surface area contributed by atoms with Gasteiger partial charge in [0.15, 0.2) is 0 Å². The summed E-state index contributed by atoms with van der Waals surface area (Å²) in [4.78, 5) is 16.9. The number of hydrogen-bond acceptors (Lipinski definition) is 5. The molecule has 1 aromatic carbocycles. The highest BCUT2D eigenvalue weighted by atomic mass is 16.5. The molecular weight excluding hydrogens is 380 g/mol. The first-order valence-electron chi connectivity index (χ1n) is 10.9. The van der Waals surface area contributed by atoms with Gasteiger partial charge in [-0.3, -0.25) is 9.69 Å². The third-order valence-electron chi connectivity index (χ3n) is 6.14. The maximum atomic E-state index is 12.6. The second kappa shape index (κ2) is 9.18. The number of morpholine rings is 1. The van der Waals surface area contributed by atoms with Gasteiger partial charge in [-0.1, -0.05) is 0 Å². The molecule has 7 nitrogen and oxygen atoms in total. The minimum atomic E-state index is 0.00526. The number of benzene rings is 1. The van der Waals surface area contributed by atoms with Gasteiger partial charge in [0.25, 0.3) is 5.91 Å². The Kier molecular flexibility index (Phi) is 6.39. The quantitative estimate of drug-likeness (QED) is 0.655. The van der Waals surface area contributed by atoms with Crippen LogP contribution in [0.5, 0.6) is 5.75 Å². The Hall–Kier alpha value is -2.38. The van der Waals surface area contributed by atoms with Gasteiger partial charge in [0, 0.05) is 31.4 Å². The summed E-state index contributed by atoms with van der Waals surface area (Å²) in [5.41, 5.74) is 1.83. The number of carbonyl (C=O) groups is 1. The summed E-state index contributed by atoms with van der Waals surface area (Å²) < 4.78 is 13.0. The number of nitrogens with zero attached hydrogens (tertiary/aromatic N) is 4. The SMILES string of the molecule is CC1(C)CCCN1CCCOc1ccc(-n2cc(C(=O)N3CCOCC3)cn2)cc1. The zero-order chi connectivity index (χ0) is 21.0.